The molecule has 1 aromatic carbocycles. The zero-order chi connectivity index (χ0) is 14.5. The number of nitrogens with one attached hydrogen (secondary N) is 1. The molecule has 2 rings (SSSR count). The molecule has 110 valence electrons. The summed E-state index contributed by atoms with van der Waals surface area (Å²) < 4.78 is 13.7. The first-order valence-corrected chi connectivity index (χ1v) is 7.33. The Morgan fingerprint density at radius 2 is 2.10 bits per heavy atom. The quantitative estimate of drug-likeness (QED) is 0.866. The monoisotopic (exact) mass is 279 g/mol. The van der Waals surface area contributed by atoms with Gasteiger partial charge in [0.15, 0.2) is 0 Å². The number of hydrogen-bond donors (Lipinski definition) is 2. The highest BCUT2D eigenvalue weighted by Crippen LogP contribution is 2.26. The molecule has 0 unspecified atom stereocenters. The molecule has 1 fully saturated rings. The van der Waals surface area contributed by atoms with Gasteiger partial charge in [-0.25, -0.2) is 9.18 Å². The lowest BCUT2D eigenvalue weighted by Gasteiger charge is -2.28. The molecule has 4 heteroatoms. The fourth-order valence-corrected chi connectivity index (χ4v) is 2.92. The summed E-state index contributed by atoms with van der Waals surface area (Å²) in [5, 5.41) is 12.3. The molecule has 0 bridgehead atoms. The van der Waals surface area contributed by atoms with E-state index in [9.17, 15) is 9.18 Å². The minimum absolute atomic E-state index is 0.133. The van der Waals surface area contributed by atoms with Gasteiger partial charge in [0.05, 0.1) is 5.56 Å². The van der Waals surface area contributed by atoms with E-state index >= 15 is 0 Å². The predicted molar refractivity (Wildman–Crippen MR) is 76.2 cm³/mol. The van der Waals surface area contributed by atoms with E-state index in [1.807, 2.05) is 0 Å². The minimum Gasteiger partial charge on any atom is -0.478 e. The van der Waals surface area contributed by atoms with Crippen molar-refractivity contribution in [3.63, 3.8) is 0 Å². The largest absolute Gasteiger partial charge is 0.478 e. The van der Waals surface area contributed by atoms with Crippen molar-refractivity contribution < 1.29 is 14.3 Å². The SMILES string of the molecule is C[C@@H](NCc1cc(C(=O)O)ccc1F)C1CCCCC1. The normalized spacial score (nSPS) is 17.9. The zero-order valence-electron chi connectivity index (χ0n) is 11.9. The third-order valence-corrected chi connectivity index (χ3v) is 4.26. The summed E-state index contributed by atoms with van der Waals surface area (Å²) in [5.41, 5.74) is 0.557. The number of carboxylic acids is 1. The fourth-order valence-electron chi connectivity index (χ4n) is 2.92. The summed E-state index contributed by atoms with van der Waals surface area (Å²) in [6.45, 7) is 2.51. The maximum Gasteiger partial charge on any atom is 0.335 e. The van der Waals surface area contributed by atoms with Gasteiger partial charge in [-0.05, 0) is 43.9 Å². The standard InChI is InChI=1S/C16H22FNO2/c1-11(12-5-3-2-4-6-12)18-10-14-9-13(16(19)20)7-8-15(14)17/h7-9,11-12,18H,2-6,10H2,1H3,(H,19,20)/t11-/m1/s1. The topological polar surface area (TPSA) is 49.3 Å². The highest BCUT2D eigenvalue weighted by atomic mass is 19.1. The third-order valence-electron chi connectivity index (χ3n) is 4.26. The van der Waals surface area contributed by atoms with Crippen molar-refractivity contribution in [2.75, 3.05) is 0 Å². The number of hydrogen-bond acceptors (Lipinski definition) is 2. The van der Waals surface area contributed by atoms with Crippen LogP contribution in [-0.4, -0.2) is 17.1 Å². The van der Waals surface area contributed by atoms with Gasteiger partial charge in [-0.2, -0.15) is 0 Å². The zero-order valence-corrected chi connectivity index (χ0v) is 11.9. The van der Waals surface area contributed by atoms with Crippen LogP contribution in [0.15, 0.2) is 18.2 Å². The van der Waals surface area contributed by atoms with Crippen molar-refractivity contribution in [1.29, 1.82) is 0 Å². The average molecular weight is 279 g/mol. The summed E-state index contributed by atoms with van der Waals surface area (Å²) >= 11 is 0. The molecule has 1 aliphatic carbocycles. The van der Waals surface area contributed by atoms with Crippen LogP contribution in [0.3, 0.4) is 0 Å². The minimum atomic E-state index is -1.02. The summed E-state index contributed by atoms with van der Waals surface area (Å²) in [6.07, 6.45) is 6.33. The second-order valence-corrected chi connectivity index (χ2v) is 5.68. The van der Waals surface area contributed by atoms with Crippen LogP contribution in [0, 0.1) is 11.7 Å². The smallest absolute Gasteiger partial charge is 0.335 e. The lowest BCUT2D eigenvalue weighted by atomic mass is 9.84. The molecule has 2 N–H and O–H groups in total. The maximum atomic E-state index is 13.7. The Labute approximate surface area is 119 Å². The molecule has 1 saturated carbocycles. The van der Waals surface area contributed by atoms with Crippen molar-refractivity contribution >= 4 is 5.97 Å². The van der Waals surface area contributed by atoms with E-state index in [-0.39, 0.29) is 11.4 Å². The number of aromatic carboxylic acids is 1. The van der Waals surface area contributed by atoms with E-state index < -0.39 is 5.97 Å². The van der Waals surface area contributed by atoms with Crippen LogP contribution < -0.4 is 5.32 Å². The molecule has 0 radical (unpaired) electrons. The van der Waals surface area contributed by atoms with E-state index in [1.54, 1.807) is 0 Å². The number of rotatable bonds is 5. The van der Waals surface area contributed by atoms with Gasteiger partial charge in [-0.15, -0.1) is 0 Å². The van der Waals surface area contributed by atoms with E-state index in [0.29, 0.717) is 24.1 Å². The molecule has 0 amide bonds. The van der Waals surface area contributed by atoms with Crippen LogP contribution in [0.25, 0.3) is 0 Å². The summed E-state index contributed by atoms with van der Waals surface area (Å²) in [4.78, 5) is 10.9. The van der Waals surface area contributed by atoms with Crippen molar-refractivity contribution in [2.45, 2.75) is 51.6 Å². The van der Waals surface area contributed by atoms with Crippen LogP contribution in [0.1, 0.15) is 54.9 Å². The average Bonchev–Trinajstić information content (AvgIpc) is 2.46. The van der Waals surface area contributed by atoms with Gasteiger partial charge in [0.1, 0.15) is 5.82 Å². The Morgan fingerprint density at radius 1 is 1.40 bits per heavy atom. The first kappa shape index (κ1) is 15.0. The van der Waals surface area contributed by atoms with Crippen molar-refractivity contribution in [3.8, 4) is 0 Å². The van der Waals surface area contributed by atoms with Crippen LogP contribution >= 0.6 is 0 Å². The van der Waals surface area contributed by atoms with Crippen molar-refractivity contribution in [1.82, 2.24) is 5.32 Å². The Bertz CT molecular complexity index is 470. The van der Waals surface area contributed by atoms with Gasteiger partial charge < -0.3 is 10.4 Å². The summed E-state index contributed by atoms with van der Waals surface area (Å²) in [5.74, 6) is -0.723. The predicted octanol–water partition coefficient (Wildman–Crippen LogP) is 3.58. The van der Waals surface area contributed by atoms with Crippen LogP contribution in [0.4, 0.5) is 4.39 Å². The molecule has 0 aliphatic heterocycles. The number of carbonyl (C=O) groups is 1. The molecular weight excluding hydrogens is 257 g/mol. The Balaban J connectivity index is 1.95. The number of carboxylic acid groups (broad SMARTS) is 1. The highest BCUT2D eigenvalue weighted by Gasteiger charge is 2.20. The first-order valence-electron chi connectivity index (χ1n) is 7.33. The first-order chi connectivity index (χ1) is 9.58. The Kier molecular flexibility index (Phi) is 5.12. The van der Waals surface area contributed by atoms with E-state index in [1.165, 1.54) is 50.3 Å². The Hall–Kier alpha value is -1.42. The fraction of sp³-hybridized carbons (Fsp3) is 0.562. The van der Waals surface area contributed by atoms with E-state index in [0.717, 1.165) is 0 Å². The van der Waals surface area contributed by atoms with E-state index in [4.69, 9.17) is 5.11 Å². The van der Waals surface area contributed by atoms with Gasteiger partial charge in [-0.3, -0.25) is 0 Å². The van der Waals surface area contributed by atoms with Gasteiger partial charge in [-0.1, -0.05) is 19.3 Å². The molecular formula is C16H22FNO2. The molecule has 0 saturated heterocycles. The van der Waals surface area contributed by atoms with Gasteiger partial charge in [0.25, 0.3) is 0 Å². The molecule has 1 atom stereocenters. The highest BCUT2D eigenvalue weighted by molar-refractivity contribution is 5.87. The molecule has 20 heavy (non-hydrogen) atoms. The second-order valence-electron chi connectivity index (χ2n) is 5.68. The van der Waals surface area contributed by atoms with Gasteiger partial charge in [0.2, 0.25) is 0 Å². The molecule has 0 heterocycles. The molecule has 3 nitrogen and oxygen atoms in total. The lowest BCUT2D eigenvalue weighted by molar-refractivity contribution is 0.0696. The molecule has 0 spiro atoms. The molecule has 0 aromatic heterocycles. The summed E-state index contributed by atoms with van der Waals surface area (Å²) in [6, 6.07) is 4.28. The second kappa shape index (κ2) is 6.84. The Morgan fingerprint density at radius 3 is 2.75 bits per heavy atom. The maximum absolute atomic E-state index is 13.7. The third kappa shape index (κ3) is 3.79. The summed E-state index contributed by atoms with van der Waals surface area (Å²) in [7, 11) is 0. The molecule has 1 aromatic rings. The van der Waals surface area contributed by atoms with E-state index in [2.05, 4.69) is 12.2 Å². The lowest BCUT2D eigenvalue weighted by Crippen LogP contribution is -2.34. The van der Waals surface area contributed by atoms with Crippen LogP contribution in [0.5, 0.6) is 0 Å². The van der Waals surface area contributed by atoms with Crippen molar-refractivity contribution in [3.05, 3.63) is 35.1 Å². The number of benzene rings is 1. The van der Waals surface area contributed by atoms with Gasteiger partial charge >= 0.3 is 5.97 Å². The molecule has 1 aliphatic rings. The van der Waals surface area contributed by atoms with Gasteiger partial charge in [0, 0.05) is 18.2 Å². The van der Waals surface area contributed by atoms with Crippen LogP contribution in [0.2, 0.25) is 0 Å². The number of halogens is 1. The van der Waals surface area contributed by atoms with Crippen molar-refractivity contribution in [2.24, 2.45) is 5.92 Å². The van der Waals surface area contributed by atoms with Crippen LogP contribution in [-0.2, 0) is 6.54 Å².